The molecule has 3 unspecified atom stereocenters. The Kier molecular flexibility index (Phi) is 5.67. The molecule has 112 valence electrons. The Morgan fingerprint density at radius 1 is 1.35 bits per heavy atom. The van der Waals surface area contributed by atoms with E-state index in [0.29, 0.717) is 16.5 Å². The number of epoxide rings is 1. The minimum Gasteiger partial charge on any atom is -0.348 e. The second-order valence-corrected chi connectivity index (χ2v) is 5.99. The van der Waals surface area contributed by atoms with Crippen LogP contribution >= 0.6 is 23.2 Å². The van der Waals surface area contributed by atoms with Gasteiger partial charge in [0.05, 0.1) is 16.2 Å². The Balaban J connectivity index is 1.89. The molecule has 2 rings (SSSR count). The Hall–Kier alpha value is -0.350. The fourth-order valence-corrected chi connectivity index (χ4v) is 2.66. The van der Waals surface area contributed by atoms with E-state index in [1.54, 1.807) is 13.0 Å². The number of alkyl halides is 1. The molecule has 0 N–H and O–H groups in total. The van der Waals surface area contributed by atoms with E-state index in [2.05, 4.69) is 11.8 Å². The van der Waals surface area contributed by atoms with Crippen molar-refractivity contribution < 1.29 is 9.13 Å². The van der Waals surface area contributed by atoms with Crippen molar-refractivity contribution in [3.05, 3.63) is 33.8 Å². The molecule has 1 heterocycles. The van der Waals surface area contributed by atoms with Gasteiger partial charge in [0.1, 0.15) is 12.3 Å². The van der Waals surface area contributed by atoms with Crippen LogP contribution in [-0.4, -0.2) is 30.4 Å². The minimum absolute atomic E-state index is 0.0486. The SMILES string of the molecule is CCN(CCCC(C)F)C1OC1c1ccc(Cl)c(Cl)c1. The summed E-state index contributed by atoms with van der Waals surface area (Å²) in [4.78, 5) is 2.23. The van der Waals surface area contributed by atoms with Crippen LogP contribution in [0.2, 0.25) is 10.0 Å². The lowest BCUT2D eigenvalue weighted by Crippen LogP contribution is -2.28. The van der Waals surface area contributed by atoms with Gasteiger partial charge in [-0.05, 0) is 44.0 Å². The second-order valence-electron chi connectivity index (χ2n) is 5.17. The number of benzene rings is 1. The Morgan fingerprint density at radius 3 is 2.70 bits per heavy atom. The van der Waals surface area contributed by atoms with E-state index in [9.17, 15) is 4.39 Å². The Morgan fingerprint density at radius 2 is 2.10 bits per heavy atom. The molecule has 1 aliphatic rings. The highest BCUT2D eigenvalue weighted by Gasteiger charge is 2.44. The van der Waals surface area contributed by atoms with Gasteiger partial charge in [0.25, 0.3) is 0 Å². The van der Waals surface area contributed by atoms with Gasteiger partial charge in [0.2, 0.25) is 0 Å². The largest absolute Gasteiger partial charge is 0.348 e. The number of halogens is 3. The van der Waals surface area contributed by atoms with E-state index < -0.39 is 6.17 Å². The molecule has 1 aliphatic heterocycles. The van der Waals surface area contributed by atoms with Crippen molar-refractivity contribution in [3.8, 4) is 0 Å². The third-order valence-corrected chi connectivity index (χ3v) is 4.29. The summed E-state index contributed by atoms with van der Waals surface area (Å²) in [6.45, 7) is 5.44. The summed E-state index contributed by atoms with van der Waals surface area (Å²) in [5.74, 6) is 0. The van der Waals surface area contributed by atoms with Crippen LogP contribution in [0.15, 0.2) is 18.2 Å². The number of hydrogen-bond acceptors (Lipinski definition) is 2. The van der Waals surface area contributed by atoms with Crippen molar-refractivity contribution in [2.75, 3.05) is 13.1 Å². The van der Waals surface area contributed by atoms with Gasteiger partial charge < -0.3 is 4.74 Å². The molecular formula is C15H20Cl2FNO. The van der Waals surface area contributed by atoms with E-state index in [1.165, 1.54) is 0 Å². The van der Waals surface area contributed by atoms with Crippen LogP contribution in [0.1, 0.15) is 38.4 Å². The van der Waals surface area contributed by atoms with Gasteiger partial charge in [0.15, 0.2) is 0 Å². The van der Waals surface area contributed by atoms with Crippen LogP contribution in [0.4, 0.5) is 4.39 Å². The van der Waals surface area contributed by atoms with Crippen LogP contribution in [0.5, 0.6) is 0 Å². The molecule has 2 nitrogen and oxygen atoms in total. The number of hydrogen-bond donors (Lipinski definition) is 0. The average molecular weight is 320 g/mol. The van der Waals surface area contributed by atoms with Crippen LogP contribution in [0.25, 0.3) is 0 Å². The van der Waals surface area contributed by atoms with Crippen molar-refractivity contribution in [2.45, 2.75) is 45.2 Å². The lowest BCUT2D eigenvalue weighted by molar-refractivity contribution is 0.174. The van der Waals surface area contributed by atoms with Gasteiger partial charge in [-0.25, -0.2) is 4.39 Å². The van der Waals surface area contributed by atoms with Gasteiger partial charge in [-0.3, -0.25) is 4.90 Å². The highest BCUT2D eigenvalue weighted by atomic mass is 35.5. The summed E-state index contributed by atoms with van der Waals surface area (Å²) in [6, 6.07) is 5.58. The zero-order chi connectivity index (χ0) is 14.7. The molecular weight excluding hydrogens is 300 g/mol. The first-order valence-corrected chi connectivity index (χ1v) is 7.77. The first kappa shape index (κ1) is 16.0. The minimum atomic E-state index is -0.736. The quantitative estimate of drug-likeness (QED) is 0.667. The van der Waals surface area contributed by atoms with Crippen LogP contribution in [-0.2, 0) is 4.74 Å². The summed E-state index contributed by atoms with van der Waals surface area (Å²) in [5.41, 5.74) is 1.04. The van der Waals surface area contributed by atoms with Gasteiger partial charge in [0, 0.05) is 6.54 Å². The first-order valence-electron chi connectivity index (χ1n) is 7.01. The number of nitrogens with zero attached hydrogens (tertiary/aromatic N) is 1. The normalized spacial score (nSPS) is 23.1. The summed E-state index contributed by atoms with van der Waals surface area (Å²) in [6.07, 6.45) is 0.833. The number of ether oxygens (including phenoxy) is 1. The zero-order valence-corrected chi connectivity index (χ0v) is 13.3. The van der Waals surface area contributed by atoms with E-state index in [4.69, 9.17) is 27.9 Å². The Labute approximate surface area is 129 Å². The van der Waals surface area contributed by atoms with Crippen molar-refractivity contribution >= 4 is 23.2 Å². The van der Waals surface area contributed by atoms with Crippen molar-refractivity contribution in [1.29, 1.82) is 0 Å². The maximum atomic E-state index is 12.8. The topological polar surface area (TPSA) is 15.8 Å². The molecule has 0 radical (unpaired) electrons. The van der Waals surface area contributed by atoms with Crippen molar-refractivity contribution in [3.63, 3.8) is 0 Å². The molecule has 0 spiro atoms. The molecule has 3 atom stereocenters. The summed E-state index contributed by atoms with van der Waals surface area (Å²) in [7, 11) is 0. The maximum Gasteiger partial charge on any atom is 0.142 e. The second kappa shape index (κ2) is 7.08. The van der Waals surface area contributed by atoms with Gasteiger partial charge >= 0.3 is 0 Å². The molecule has 1 aromatic rings. The van der Waals surface area contributed by atoms with Crippen molar-refractivity contribution in [1.82, 2.24) is 4.90 Å². The summed E-state index contributed by atoms with van der Waals surface area (Å²) in [5, 5.41) is 1.10. The molecule has 0 saturated carbocycles. The van der Waals surface area contributed by atoms with E-state index in [0.717, 1.165) is 25.1 Å². The fourth-order valence-electron chi connectivity index (χ4n) is 2.36. The van der Waals surface area contributed by atoms with Crippen LogP contribution < -0.4 is 0 Å². The monoisotopic (exact) mass is 319 g/mol. The number of rotatable bonds is 7. The van der Waals surface area contributed by atoms with E-state index in [1.807, 2.05) is 12.1 Å². The van der Waals surface area contributed by atoms with Gasteiger partial charge in [-0.2, -0.15) is 0 Å². The highest BCUT2D eigenvalue weighted by Crippen LogP contribution is 2.42. The smallest absolute Gasteiger partial charge is 0.142 e. The van der Waals surface area contributed by atoms with Crippen LogP contribution in [0, 0.1) is 0 Å². The van der Waals surface area contributed by atoms with E-state index in [-0.39, 0.29) is 12.3 Å². The molecule has 0 aliphatic carbocycles. The molecule has 20 heavy (non-hydrogen) atoms. The average Bonchev–Trinajstić information content (AvgIpc) is 3.18. The zero-order valence-electron chi connectivity index (χ0n) is 11.8. The fraction of sp³-hybridized carbons (Fsp3) is 0.600. The predicted octanol–water partition coefficient (Wildman–Crippen LogP) is 4.85. The van der Waals surface area contributed by atoms with Gasteiger partial charge in [-0.15, -0.1) is 0 Å². The third-order valence-electron chi connectivity index (χ3n) is 3.55. The molecule has 0 bridgehead atoms. The maximum absolute atomic E-state index is 12.8. The van der Waals surface area contributed by atoms with Crippen molar-refractivity contribution in [2.24, 2.45) is 0 Å². The standard InChI is InChI=1S/C15H20Cl2FNO/c1-3-19(8-4-5-10(2)18)15-14(20-15)11-6-7-12(16)13(17)9-11/h6-7,9-10,14-15H,3-5,8H2,1-2H3. The predicted molar refractivity (Wildman–Crippen MR) is 81.1 cm³/mol. The summed E-state index contributed by atoms with van der Waals surface area (Å²) < 4.78 is 18.6. The molecule has 5 heteroatoms. The lowest BCUT2D eigenvalue weighted by Gasteiger charge is -2.18. The van der Waals surface area contributed by atoms with E-state index >= 15 is 0 Å². The highest BCUT2D eigenvalue weighted by molar-refractivity contribution is 6.42. The Bertz CT molecular complexity index is 455. The molecule has 0 amide bonds. The van der Waals surface area contributed by atoms with Gasteiger partial charge in [-0.1, -0.05) is 36.2 Å². The molecule has 1 saturated heterocycles. The molecule has 1 aromatic carbocycles. The molecule has 1 fully saturated rings. The third kappa shape index (κ3) is 4.08. The van der Waals surface area contributed by atoms with Crippen LogP contribution in [0.3, 0.4) is 0 Å². The number of likely N-dealkylation sites (N-methyl/N-ethyl adjacent to an activating group) is 1. The molecule has 0 aromatic heterocycles. The summed E-state index contributed by atoms with van der Waals surface area (Å²) >= 11 is 11.9. The lowest BCUT2D eigenvalue weighted by atomic mass is 10.1. The first-order chi connectivity index (χ1) is 9.52.